The number of benzene rings is 1. The van der Waals surface area contributed by atoms with Crippen LogP contribution in [0.15, 0.2) is 24.3 Å². The quantitative estimate of drug-likeness (QED) is 0.721. The van der Waals surface area contributed by atoms with Crippen LogP contribution in [0.3, 0.4) is 0 Å². The topological polar surface area (TPSA) is 12.0 Å². The lowest BCUT2D eigenvalue weighted by molar-refractivity contribution is 0.235. The van der Waals surface area contributed by atoms with Gasteiger partial charge in [0, 0.05) is 11.6 Å². The van der Waals surface area contributed by atoms with Crippen LogP contribution in [0.25, 0.3) is 0 Å². The predicted octanol–water partition coefficient (Wildman–Crippen LogP) is 4.69. The molecule has 1 aromatic rings. The first-order valence-electron chi connectivity index (χ1n) is 7.05. The van der Waals surface area contributed by atoms with Crippen molar-refractivity contribution in [1.82, 2.24) is 5.32 Å². The number of rotatable bonds is 8. The van der Waals surface area contributed by atoms with E-state index in [0.29, 0.717) is 5.41 Å². The van der Waals surface area contributed by atoms with Gasteiger partial charge in [-0.2, -0.15) is 0 Å². The van der Waals surface area contributed by atoms with E-state index < -0.39 is 0 Å². The van der Waals surface area contributed by atoms with Crippen LogP contribution in [-0.4, -0.2) is 13.6 Å². The number of unbranched alkanes of at least 4 members (excludes halogenated alkanes) is 1. The van der Waals surface area contributed by atoms with Crippen LogP contribution in [0, 0.1) is 5.41 Å². The second kappa shape index (κ2) is 7.81. The Bertz CT molecular complexity index is 351. The Morgan fingerprint density at radius 2 is 1.94 bits per heavy atom. The Kier molecular flexibility index (Phi) is 6.73. The van der Waals surface area contributed by atoms with E-state index in [4.69, 9.17) is 11.6 Å². The fraction of sp³-hybridized carbons (Fsp3) is 0.625. The van der Waals surface area contributed by atoms with E-state index in [0.717, 1.165) is 18.0 Å². The lowest BCUT2D eigenvalue weighted by atomic mass is 9.75. The van der Waals surface area contributed by atoms with Gasteiger partial charge in [-0.05, 0) is 43.4 Å². The summed E-state index contributed by atoms with van der Waals surface area (Å²) in [7, 11) is 2.04. The summed E-state index contributed by atoms with van der Waals surface area (Å²) in [6, 6.07) is 8.25. The summed E-state index contributed by atoms with van der Waals surface area (Å²) in [6.07, 6.45) is 6.09. The van der Waals surface area contributed by atoms with E-state index in [1.807, 2.05) is 19.2 Å². The maximum atomic E-state index is 6.30. The maximum absolute atomic E-state index is 6.30. The van der Waals surface area contributed by atoms with E-state index in [1.165, 1.54) is 31.2 Å². The predicted molar refractivity (Wildman–Crippen MR) is 81.3 cm³/mol. The summed E-state index contributed by atoms with van der Waals surface area (Å²) >= 11 is 6.30. The summed E-state index contributed by atoms with van der Waals surface area (Å²) in [4.78, 5) is 0. The van der Waals surface area contributed by atoms with E-state index in [9.17, 15) is 0 Å². The van der Waals surface area contributed by atoms with Crippen LogP contribution >= 0.6 is 11.6 Å². The molecule has 1 rings (SSSR count). The Balaban J connectivity index is 2.85. The maximum Gasteiger partial charge on any atom is 0.0438 e. The number of halogens is 1. The van der Waals surface area contributed by atoms with Crippen LogP contribution in [0.5, 0.6) is 0 Å². The van der Waals surface area contributed by atoms with Crippen molar-refractivity contribution in [2.75, 3.05) is 13.6 Å². The van der Waals surface area contributed by atoms with Gasteiger partial charge in [-0.25, -0.2) is 0 Å². The smallest absolute Gasteiger partial charge is 0.0438 e. The molecule has 0 bridgehead atoms. The van der Waals surface area contributed by atoms with Crippen molar-refractivity contribution in [1.29, 1.82) is 0 Å². The molecule has 0 heterocycles. The van der Waals surface area contributed by atoms with Gasteiger partial charge in [0.05, 0.1) is 0 Å². The molecule has 2 heteroatoms. The molecular weight excluding hydrogens is 242 g/mol. The van der Waals surface area contributed by atoms with Gasteiger partial charge >= 0.3 is 0 Å². The average molecular weight is 268 g/mol. The third kappa shape index (κ3) is 4.29. The lowest BCUT2D eigenvalue weighted by Gasteiger charge is -2.33. The fourth-order valence-electron chi connectivity index (χ4n) is 2.64. The molecule has 0 aliphatic heterocycles. The van der Waals surface area contributed by atoms with Crippen molar-refractivity contribution in [3.05, 3.63) is 34.9 Å². The molecule has 0 fully saturated rings. The first kappa shape index (κ1) is 15.5. The van der Waals surface area contributed by atoms with Crippen LogP contribution in [0.1, 0.15) is 45.1 Å². The van der Waals surface area contributed by atoms with E-state index >= 15 is 0 Å². The molecule has 0 spiro atoms. The van der Waals surface area contributed by atoms with Crippen LogP contribution in [0.2, 0.25) is 5.02 Å². The summed E-state index contributed by atoms with van der Waals surface area (Å²) in [5.41, 5.74) is 1.63. The SMILES string of the molecule is CCCCC(CC)(CNC)Cc1ccccc1Cl. The van der Waals surface area contributed by atoms with E-state index in [2.05, 4.69) is 31.3 Å². The first-order chi connectivity index (χ1) is 8.67. The largest absolute Gasteiger partial charge is 0.319 e. The minimum atomic E-state index is 0.343. The van der Waals surface area contributed by atoms with Crippen molar-refractivity contribution in [3.8, 4) is 0 Å². The number of hydrogen-bond acceptors (Lipinski definition) is 1. The van der Waals surface area contributed by atoms with Crippen molar-refractivity contribution in [2.24, 2.45) is 5.41 Å². The molecule has 102 valence electrons. The van der Waals surface area contributed by atoms with Crippen molar-refractivity contribution < 1.29 is 0 Å². The Hall–Kier alpha value is -0.530. The van der Waals surface area contributed by atoms with Gasteiger partial charge in [0.15, 0.2) is 0 Å². The van der Waals surface area contributed by atoms with E-state index in [-0.39, 0.29) is 0 Å². The van der Waals surface area contributed by atoms with Gasteiger partial charge in [0.1, 0.15) is 0 Å². The molecule has 1 aromatic carbocycles. The zero-order chi connectivity index (χ0) is 13.4. The van der Waals surface area contributed by atoms with Crippen molar-refractivity contribution in [2.45, 2.75) is 46.0 Å². The van der Waals surface area contributed by atoms with Gasteiger partial charge in [-0.15, -0.1) is 0 Å². The average Bonchev–Trinajstić information content (AvgIpc) is 2.39. The monoisotopic (exact) mass is 267 g/mol. The molecule has 0 aromatic heterocycles. The highest BCUT2D eigenvalue weighted by Crippen LogP contribution is 2.34. The molecule has 18 heavy (non-hydrogen) atoms. The van der Waals surface area contributed by atoms with Crippen LogP contribution in [-0.2, 0) is 6.42 Å². The summed E-state index contributed by atoms with van der Waals surface area (Å²) in [5, 5.41) is 4.27. The molecule has 1 N–H and O–H groups in total. The highest BCUT2D eigenvalue weighted by Gasteiger charge is 2.27. The second-order valence-electron chi connectivity index (χ2n) is 5.26. The second-order valence-corrected chi connectivity index (χ2v) is 5.66. The molecule has 1 nitrogen and oxygen atoms in total. The Labute approximate surface area is 117 Å². The minimum Gasteiger partial charge on any atom is -0.319 e. The molecule has 0 aliphatic carbocycles. The molecular formula is C16H26ClN. The molecule has 0 saturated carbocycles. The van der Waals surface area contributed by atoms with Gasteiger partial charge < -0.3 is 5.32 Å². The van der Waals surface area contributed by atoms with Crippen LogP contribution in [0.4, 0.5) is 0 Å². The van der Waals surface area contributed by atoms with Crippen molar-refractivity contribution >= 4 is 11.6 Å². The van der Waals surface area contributed by atoms with Crippen molar-refractivity contribution in [3.63, 3.8) is 0 Å². The first-order valence-corrected chi connectivity index (χ1v) is 7.43. The highest BCUT2D eigenvalue weighted by atomic mass is 35.5. The summed E-state index contributed by atoms with van der Waals surface area (Å²) in [5.74, 6) is 0. The number of hydrogen-bond donors (Lipinski definition) is 1. The Morgan fingerprint density at radius 1 is 1.22 bits per heavy atom. The summed E-state index contributed by atoms with van der Waals surface area (Å²) < 4.78 is 0. The third-order valence-electron chi connectivity index (χ3n) is 3.89. The van der Waals surface area contributed by atoms with Gasteiger partial charge in [-0.1, -0.05) is 56.5 Å². The van der Waals surface area contributed by atoms with Gasteiger partial charge in [0.2, 0.25) is 0 Å². The normalized spacial score (nSPS) is 14.4. The molecule has 0 radical (unpaired) electrons. The molecule has 0 saturated heterocycles. The standard InChI is InChI=1S/C16H26ClN/c1-4-6-11-16(5-2,13-18-3)12-14-9-7-8-10-15(14)17/h7-10,18H,4-6,11-13H2,1-3H3. The van der Waals surface area contributed by atoms with E-state index in [1.54, 1.807) is 0 Å². The fourth-order valence-corrected chi connectivity index (χ4v) is 2.84. The molecule has 1 unspecified atom stereocenters. The third-order valence-corrected chi connectivity index (χ3v) is 4.25. The zero-order valence-electron chi connectivity index (χ0n) is 11.9. The lowest BCUT2D eigenvalue weighted by Crippen LogP contribution is -2.34. The van der Waals surface area contributed by atoms with Gasteiger partial charge in [-0.3, -0.25) is 0 Å². The molecule has 1 atom stereocenters. The number of nitrogens with one attached hydrogen (secondary N) is 1. The van der Waals surface area contributed by atoms with Crippen LogP contribution < -0.4 is 5.32 Å². The summed E-state index contributed by atoms with van der Waals surface area (Å²) in [6.45, 7) is 5.62. The molecule has 0 amide bonds. The Morgan fingerprint density at radius 3 is 2.50 bits per heavy atom. The highest BCUT2D eigenvalue weighted by molar-refractivity contribution is 6.31. The molecule has 0 aliphatic rings. The van der Waals surface area contributed by atoms with Gasteiger partial charge in [0.25, 0.3) is 0 Å². The zero-order valence-corrected chi connectivity index (χ0v) is 12.7. The minimum absolute atomic E-state index is 0.343.